The van der Waals surface area contributed by atoms with Crippen LogP contribution < -0.4 is 11.3 Å². The maximum absolute atomic E-state index is 11.8. The van der Waals surface area contributed by atoms with Crippen LogP contribution in [0.5, 0.6) is 0 Å². The molecule has 0 aliphatic heterocycles. The monoisotopic (exact) mass is 248 g/mol. The number of aromatic nitrogens is 5. The Kier molecular flexibility index (Phi) is 1.99. The molecule has 0 aromatic carbocycles. The van der Waals surface area contributed by atoms with Gasteiger partial charge in [0, 0.05) is 24.9 Å². The van der Waals surface area contributed by atoms with Crippen molar-refractivity contribution in [2.45, 2.75) is 0 Å². The molecule has 3 heterocycles. The first kappa shape index (κ1) is 9.97. The van der Waals surface area contributed by atoms with Crippen LogP contribution in [0.3, 0.4) is 0 Å². The van der Waals surface area contributed by atoms with Crippen molar-refractivity contribution < 1.29 is 0 Å². The fourth-order valence-corrected chi connectivity index (χ4v) is 2.20. The van der Waals surface area contributed by atoms with Crippen LogP contribution in [0.1, 0.15) is 0 Å². The Bertz CT molecular complexity index is 754. The minimum atomic E-state index is -0.248. The highest BCUT2D eigenvalue weighted by molar-refractivity contribution is 7.20. The van der Waals surface area contributed by atoms with Gasteiger partial charge in [-0.05, 0) is 0 Å². The van der Waals surface area contributed by atoms with Gasteiger partial charge in [0.1, 0.15) is 0 Å². The standard InChI is InChI=1S/C9H8N6OS/c1-14-4-5(3-11-14)6-2-7(16)15-9(12-6)17-8(10)13-15/h2-4H,1H3,(H2,10,13). The predicted octanol–water partition coefficient (Wildman–Crippen LogP) is 0.134. The Hall–Kier alpha value is -2.22. The van der Waals surface area contributed by atoms with Crippen molar-refractivity contribution in [2.75, 3.05) is 5.73 Å². The van der Waals surface area contributed by atoms with Crippen molar-refractivity contribution in [3.8, 4) is 11.3 Å². The Morgan fingerprint density at radius 2 is 2.29 bits per heavy atom. The van der Waals surface area contributed by atoms with Gasteiger partial charge in [-0.2, -0.15) is 9.61 Å². The molecular formula is C9H8N6OS. The van der Waals surface area contributed by atoms with Gasteiger partial charge in [-0.15, -0.1) is 5.10 Å². The summed E-state index contributed by atoms with van der Waals surface area (Å²) in [6, 6.07) is 1.42. The number of nitrogens with two attached hydrogens (primary N) is 1. The van der Waals surface area contributed by atoms with Gasteiger partial charge in [0.25, 0.3) is 5.56 Å². The number of fused-ring (bicyclic) bond motifs is 1. The lowest BCUT2D eigenvalue weighted by molar-refractivity contribution is 0.768. The molecule has 0 unspecified atom stereocenters. The molecule has 3 aromatic rings. The van der Waals surface area contributed by atoms with E-state index >= 15 is 0 Å². The van der Waals surface area contributed by atoms with Crippen LogP contribution in [-0.2, 0) is 7.05 Å². The summed E-state index contributed by atoms with van der Waals surface area (Å²) < 4.78 is 2.85. The number of hydrogen-bond acceptors (Lipinski definition) is 6. The van der Waals surface area contributed by atoms with Crippen LogP contribution in [0.2, 0.25) is 0 Å². The summed E-state index contributed by atoms with van der Waals surface area (Å²) in [5.41, 5.74) is 6.66. The van der Waals surface area contributed by atoms with Crippen LogP contribution in [0.4, 0.5) is 5.13 Å². The number of rotatable bonds is 1. The van der Waals surface area contributed by atoms with E-state index in [-0.39, 0.29) is 5.56 Å². The van der Waals surface area contributed by atoms with Crippen molar-refractivity contribution in [1.82, 2.24) is 24.4 Å². The molecule has 0 radical (unpaired) electrons. The molecule has 0 aliphatic rings. The molecule has 0 bridgehead atoms. The molecule has 0 saturated carbocycles. The molecule has 0 fully saturated rings. The summed E-state index contributed by atoms with van der Waals surface area (Å²) in [6.07, 6.45) is 3.45. The molecule has 0 amide bonds. The molecule has 2 N–H and O–H groups in total. The zero-order valence-electron chi connectivity index (χ0n) is 8.86. The van der Waals surface area contributed by atoms with Crippen LogP contribution in [0.25, 0.3) is 16.2 Å². The Labute approximate surface area is 99.1 Å². The van der Waals surface area contributed by atoms with Crippen molar-refractivity contribution in [3.05, 3.63) is 28.8 Å². The number of aryl methyl sites for hydroxylation is 1. The van der Waals surface area contributed by atoms with E-state index in [0.29, 0.717) is 15.8 Å². The topological polar surface area (TPSA) is 91.1 Å². The highest BCUT2D eigenvalue weighted by atomic mass is 32.1. The molecule has 0 aliphatic carbocycles. The molecule has 0 spiro atoms. The summed E-state index contributed by atoms with van der Waals surface area (Å²) in [6.45, 7) is 0. The van der Waals surface area contributed by atoms with E-state index in [4.69, 9.17) is 5.73 Å². The lowest BCUT2D eigenvalue weighted by Crippen LogP contribution is -2.14. The van der Waals surface area contributed by atoms with E-state index in [1.54, 1.807) is 24.1 Å². The second-order valence-corrected chi connectivity index (χ2v) is 4.50. The van der Waals surface area contributed by atoms with Crippen LogP contribution >= 0.6 is 11.3 Å². The zero-order chi connectivity index (χ0) is 12.0. The maximum Gasteiger partial charge on any atom is 0.275 e. The smallest absolute Gasteiger partial charge is 0.275 e. The third kappa shape index (κ3) is 1.58. The normalized spacial score (nSPS) is 11.1. The second-order valence-electron chi connectivity index (χ2n) is 3.52. The van der Waals surface area contributed by atoms with Gasteiger partial charge in [0.05, 0.1) is 11.9 Å². The summed E-state index contributed by atoms with van der Waals surface area (Å²) in [4.78, 5) is 16.6. The van der Waals surface area contributed by atoms with Gasteiger partial charge in [0.15, 0.2) is 0 Å². The van der Waals surface area contributed by atoms with Crippen LogP contribution in [-0.4, -0.2) is 24.4 Å². The van der Waals surface area contributed by atoms with Gasteiger partial charge in [-0.1, -0.05) is 11.3 Å². The van der Waals surface area contributed by atoms with Gasteiger partial charge in [0.2, 0.25) is 10.1 Å². The highest BCUT2D eigenvalue weighted by Gasteiger charge is 2.09. The molecule has 0 atom stereocenters. The van der Waals surface area contributed by atoms with E-state index in [2.05, 4.69) is 15.2 Å². The summed E-state index contributed by atoms with van der Waals surface area (Å²) in [5.74, 6) is 0. The number of nitrogens with zero attached hydrogens (tertiary/aromatic N) is 5. The van der Waals surface area contributed by atoms with Crippen molar-refractivity contribution in [1.29, 1.82) is 0 Å². The van der Waals surface area contributed by atoms with E-state index in [1.807, 2.05) is 0 Å². The van der Waals surface area contributed by atoms with Crippen LogP contribution in [0, 0.1) is 0 Å². The third-order valence-electron chi connectivity index (χ3n) is 2.26. The minimum absolute atomic E-state index is 0.248. The summed E-state index contributed by atoms with van der Waals surface area (Å²) in [5, 5.41) is 8.23. The second kappa shape index (κ2) is 3.39. The lowest BCUT2D eigenvalue weighted by Gasteiger charge is -1.95. The van der Waals surface area contributed by atoms with Gasteiger partial charge in [-0.25, -0.2) is 4.98 Å². The minimum Gasteiger partial charge on any atom is -0.374 e. The lowest BCUT2D eigenvalue weighted by atomic mass is 10.2. The van der Waals surface area contributed by atoms with E-state index < -0.39 is 0 Å². The first-order valence-electron chi connectivity index (χ1n) is 4.79. The van der Waals surface area contributed by atoms with Crippen molar-refractivity contribution >= 4 is 21.4 Å². The zero-order valence-corrected chi connectivity index (χ0v) is 9.68. The first-order chi connectivity index (χ1) is 8.13. The number of anilines is 1. The van der Waals surface area contributed by atoms with Crippen LogP contribution in [0.15, 0.2) is 23.3 Å². The quantitative estimate of drug-likeness (QED) is 0.661. The predicted molar refractivity (Wildman–Crippen MR) is 63.7 cm³/mol. The molecule has 0 saturated heterocycles. The molecule has 7 nitrogen and oxygen atoms in total. The molecule has 17 heavy (non-hydrogen) atoms. The molecular weight excluding hydrogens is 240 g/mol. The Balaban J connectivity index is 2.28. The summed E-state index contributed by atoms with van der Waals surface area (Å²) in [7, 11) is 1.81. The van der Waals surface area contributed by atoms with Gasteiger partial charge >= 0.3 is 0 Å². The SMILES string of the molecule is Cn1cc(-c2cc(=O)n3nc(N)sc3n2)cn1. The average Bonchev–Trinajstić information content (AvgIpc) is 2.83. The van der Waals surface area contributed by atoms with E-state index in [9.17, 15) is 4.79 Å². The summed E-state index contributed by atoms with van der Waals surface area (Å²) >= 11 is 1.17. The highest BCUT2D eigenvalue weighted by Crippen LogP contribution is 2.18. The number of nitrogen functional groups attached to an aromatic ring is 1. The van der Waals surface area contributed by atoms with Gasteiger partial charge < -0.3 is 5.73 Å². The average molecular weight is 248 g/mol. The Morgan fingerprint density at radius 1 is 1.47 bits per heavy atom. The van der Waals surface area contributed by atoms with E-state index in [1.165, 1.54) is 21.9 Å². The van der Waals surface area contributed by atoms with Gasteiger partial charge in [-0.3, -0.25) is 9.48 Å². The largest absolute Gasteiger partial charge is 0.374 e. The van der Waals surface area contributed by atoms with Crippen molar-refractivity contribution in [3.63, 3.8) is 0 Å². The first-order valence-corrected chi connectivity index (χ1v) is 5.60. The Morgan fingerprint density at radius 3 is 3.00 bits per heavy atom. The molecule has 8 heteroatoms. The number of hydrogen-bond donors (Lipinski definition) is 1. The van der Waals surface area contributed by atoms with E-state index in [0.717, 1.165) is 5.56 Å². The molecule has 86 valence electrons. The fraction of sp³-hybridized carbons (Fsp3) is 0.111. The molecule has 3 aromatic heterocycles. The third-order valence-corrected chi connectivity index (χ3v) is 3.00. The molecule has 3 rings (SSSR count). The fourth-order valence-electron chi connectivity index (χ4n) is 1.53. The maximum atomic E-state index is 11.8. The van der Waals surface area contributed by atoms with Crippen molar-refractivity contribution in [2.24, 2.45) is 7.05 Å².